The quantitative estimate of drug-likeness (QED) is 0.344. The topological polar surface area (TPSA) is 17.1 Å². The van der Waals surface area contributed by atoms with E-state index in [0.717, 1.165) is 18.4 Å². The standard InChI is InChI=1S/C28H20O/c29-27-21-13-14-28(24-11-5-3-9-19(24)20-10-4-6-12-25(20)28)26(21)22-15-17-7-1-2-8-18(17)16-23(22)27/h1-12,15-16,21,26H,13-14H2/t21-,26+/m1/s1. The Hall–Kier alpha value is -3.19. The summed E-state index contributed by atoms with van der Waals surface area (Å²) in [5, 5.41) is 2.40. The molecule has 0 bridgehead atoms. The van der Waals surface area contributed by atoms with E-state index in [1.165, 1.54) is 38.6 Å². The molecule has 1 nitrogen and oxygen atoms in total. The Kier molecular flexibility index (Phi) is 2.84. The van der Waals surface area contributed by atoms with Crippen LogP contribution in [0.5, 0.6) is 0 Å². The van der Waals surface area contributed by atoms with Crippen LogP contribution >= 0.6 is 0 Å². The van der Waals surface area contributed by atoms with Crippen molar-refractivity contribution in [1.82, 2.24) is 0 Å². The van der Waals surface area contributed by atoms with Gasteiger partial charge in [-0.2, -0.15) is 0 Å². The molecule has 1 fully saturated rings. The lowest BCUT2D eigenvalue weighted by Gasteiger charge is -2.34. The van der Waals surface area contributed by atoms with Crippen molar-refractivity contribution in [3.63, 3.8) is 0 Å². The van der Waals surface area contributed by atoms with Gasteiger partial charge in [0.05, 0.1) is 0 Å². The molecule has 0 N–H and O–H groups in total. The monoisotopic (exact) mass is 372 g/mol. The molecular weight excluding hydrogens is 352 g/mol. The van der Waals surface area contributed by atoms with Crippen molar-refractivity contribution < 1.29 is 4.79 Å². The summed E-state index contributed by atoms with van der Waals surface area (Å²) in [6.07, 6.45) is 2.02. The molecule has 0 saturated heterocycles. The summed E-state index contributed by atoms with van der Waals surface area (Å²) in [5.41, 5.74) is 7.68. The first-order valence-electron chi connectivity index (χ1n) is 10.6. The molecule has 3 aliphatic carbocycles. The minimum Gasteiger partial charge on any atom is -0.294 e. The maximum atomic E-state index is 13.5. The van der Waals surface area contributed by atoms with Gasteiger partial charge >= 0.3 is 0 Å². The Labute approximate surface area is 170 Å². The smallest absolute Gasteiger partial charge is 0.166 e. The first-order valence-corrected chi connectivity index (χ1v) is 10.6. The molecule has 0 heterocycles. The minimum atomic E-state index is -0.0821. The number of hydrogen-bond acceptors (Lipinski definition) is 1. The summed E-state index contributed by atoms with van der Waals surface area (Å²) in [6, 6.07) is 30.6. The van der Waals surface area contributed by atoms with E-state index < -0.39 is 0 Å². The number of carbonyl (C=O) groups excluding carboxylic acids is 1. The third-order valence-electron chi connectivity index (χ3n) is 7.74. The maximum absolute atomic E-state index is 13.5. The van der Waals surface area contributed by atoms with E-state index >= 15 is 0 Å². The van der Waals surface area contributed by atoms with Gasteiger partial charge in [-0.1, -0.05) is 78.9 Å². The number of fused-ring (bicyclic) bond motifs is 10. The van der Waals surface area contributed by atoms with E-state index in [1.54, 1.807) is 0 Å². The second-order valence-electron chi connectivity index (χ2n) is 8.84. The van der Waals surface area contributed by atoms with Gasteiger partial charge in [-0.05, 0) is 57.5 Å². The van der Waals surface area contributed by atoms with Crippen LogP contribution in [0.25, 0.3) is 21.9 Å². The fourth-order valence-electron chi connectivity index (χ4n) is 6.71. The molecule has 2 atom stereocenters. The van der Waals surface area contributed by atoms with Crippen LogP contribution in [0.2, 0.25) is 0 Å². The van der Waals surface area contributed by atoms with Crippen LogP contribution < -0.4 is 0 Å². The summed E-state index contributed by atoms with van der Waals surface area (Å²) in [5.74, 6) is 0.690. The van der Waals surface area contributed by atoms with E-state index in [4.69, 9.17) is 0 Å². The van der Waals surface area contributed by atoms with Crippen molar-refractivity contribution in [3.05, 3.63) is 107 Å². The maximum Gasteiger partial charge on any atom is 0.166 e. The first kappa shape index (κ1) is 15.7. The average molecular weight is 372 g/mol. The molecule has 0 unspecified atom stereocenters. The zero-order valence-electron chi connectivity index (χ0n) is 16.1. The molecule has 4 aromatic carbocycles. The predicted octanol–water partition coefficient (Wildman–Crippen LogP) is 6.50. The summed E-state index contributed by atoms with van der Waals surface area (Å²) in [7, 11) is 0. The number of carbonyl (C=O) groups is 1. The molecule has 4 aromatic rings. The van der Waals surface area contributed by atoms with E-state index in [-0.39, 0.29) is 17.3 Å². The second-order valence-corrected chi connectivity index (χ2v) is 8.84. The Morgan fingerprint density at radius 3 is 1.97 bits per heavy atom. The lowest BCUT2D eigenvalue weighted by atomic mass is 9.67. The highest BCUT2D eigenvalue weighted by Crippen LogP contribution is 2.66. The van der Waals surface area contributed by atoms with Crippen molar-refractivity contribution in [3.8, 4) is 11.1 Å². The van der Waals surface area contributed by atoms with Gasteiger partial charge < -0.3 is 0 Å². The van der Waals surface area contributed by atoms with Crippen molar-refractivity contribution in [1.29, 1.82) is 0 Å². The van der Waals surface area contributed by atoms with Gasteiger partial charge in [-0.3, -0.25) is 4.79 Å². The number of Topliss-reactive ketones (excluding diaryl/α,β-unsaturated/α-hetero) is 1. The first-order chi connectivity index (χ1) is 14.3. The van der Waals surface area contributed by atoms with Gasteiger partial charge in [0.1, 0.15) is 0 Å². The number of ketones is 1. The van der Waals surface area contributed by atoms with Gasteiger partial charge in [-0.15, -0.1) is 0 Å². The number of hydrogen-bond donors (Lipinski definition) is 0. The van der Waals surface area contributed by atoms with Gasteiger partial charge in [0, 0.05) is 22.8 Å². The zero-order chi connectivity index (χ0) is 19.2. The fourth-order valence-corrected chi connectivity index (χ4v) is 6.71. The highest BCUT2D eigenvalue weighted by Gasteiger charge is 2.60. The van der Waals surface area contributed by atoms with Crippen LogP contribution in [0.3, 0.4) is 0 Å². The van der Waals surface area contributed by atoms with Crippen molar-refractivity contribution in [2.24, 2.45) is 5.92 Å². The van der Waals surface area contributed by atoms with Crippen LogP contribution in [0, 0.1) is 5.92 Å². The van der Waals surface area contributed by atoms with Gasteiger partial charge in [0.2, 0.25) is 0 Å². The van der Waals surface area contributed by atoms with E-state index in [0.29, 0.717) is 5.78 Å². The lowest BCUT2D eigenvalue weighted by molar-refractivity contribution is 0.0929. The molecule has 3 aliphatic rings. The Balaban J connectivity index is 1.57. The Morgan fingerprint density at radius 2 is 1.28 bits per heavy atom. The summed E-state index contributed by atoms with van der Waals surface area (Å²) < 4.78 is 0. The van der Waals surface area contributed by atoms with Crippen LogP contribution in [0.4, 0.5) is 0 Å². The third kappa shape index (κ3) is 1.75. The highest BCUT2D eigenvalue weighted by atomic mass is 16.1. The SMILES string of the molecule is O=C1c2cc3ccccc3cc2[C@@H]2[C@H]1CCC21c2ccccc2-c2ccccc21. The zero-order valence-corrected chi connectivity index (χ0v) is 16.1. The molecule has 0 amide bonds. The molecule has 1 heteroatoms. The molecule has 7 rings (SSSR count). The summed E-state index contributed by atoms with van der Waals surface area (Å²) >= 11 is 0. The van der Waals surface area contributed by atoms with Gasteiger partial charge in [0.25, 0.3) is 0 Å². The highest BCUT2D eigenvalue weighted by molar-refractivity contribution is 6.07. The van der Waals surface area contributed by atoms with Gasteiger partial charge in [0.15, 0.2) is 5.78 Å². The van der Waals surface area contributed by atoms with Crippen molar-refractivity contribution >= 4 is 16.6 Å². The van der Waals surface area contributed by atoms with Crippen molar-refractivity contribution in [2.45, 2.75) is 24.2 Å². The Bertz CT molecular complexity index is 1300. The van der Waals surface area contributed by atoms with Crippen LogP contribution in [-0.2, 0) is 5.41 Å². The summed E-state index contributed by atoms with van der Waals surface area (Å²) in [6.45, 7) is 0. The molecule has 0 radical (unpaired) electrons. The van der Waals surface area contributed by atoms with Crippen LogP contribution in [0.15, 0.2) is 84.9 Å². The minimum absolute atomic E-state index is 0.0821. The molecular formula is C28H20O. The normalized spacial score (nSPS) is 22.6. The van der Waals surface area contributed by atoms with E-state index in [1.807, 2.05) is 0 Å². The number of rotatable bonds is 0. The van der Waals surface area contributed by atoms with Crippen molar-refractivity contribution in [2.75, 3.05) is 0 Å². The fraction of sp³-hybridized carbons (Fsp3) is 0.179. The second kappa shape index (κ2) is 5.24. The third-order valence-corrected chi connectivity index (χ3v) is 7.74. The Morgan fingerprint density at radius 1 is 0.690 bits per heavy atom. The van der Waals surface area contributed by atoms with Crippen LogP contribution in [-0.4, -0.2) is 5.78 Å². The van der Waals surface area contributed by atoms with E-state index in [2.05, 4.69) is 84.9 Å². The van der Waals surface area contributed by atoms with E-state index in [9.17, 15) is 4.79 Å². The predicted molar refractivity (Wildman–Crippen MR) is 116 cm³/mol. The summed E-state index contributed by atoms with van der Waals surface area (Å²) in [4.78, 5) is 13.5. The molecule has 29 heavy (non-hydrogen) atoms. The average Bonchev–Trinajstić information content (AvgIpc) is 3.39. The number of benzene rings is 4. The molecule has 0 aromatic heterocycles. The van der Waals surface area contributed by atoms with Crippen LogP contribution in [0.1, 0.15) is 45.8 Å². The van der Waals surface area contributed by atoms with Gasteiger partial charge in [-0.25, -0.2) is 0 Å². The molecule has 0 aliphatic heterocycles. The lowest BCUT2D eigenvalue weighted by Crippen LogP contribution is -2.29. The molecule has 1 spiro atoms. The molecule has 138 valence electrons. The largest absolute Gasteiger partial charge is 0.294 e. The molecule has 1 saturated carbocycles.